The number of thiophene rings is 1. The number of likely N-dealkylation sites (N-methyl/N-ethyl adjacent to an activating group) is 1. The molecule has 0 aliphatic heterocycles. The number of nitrogens with zero attached hydrogens (tertiary/aromatic N) is 5. The lowest BCUT2D eigenvalue weighted by Crippen LogP contribution is -2.35. The largest absolute Gasteiger partial charge is 0.448 e. The molecule has 0 N–H and O–H groups in total. The van der Waals surface area contributed by atoms with Gasteiger partial charge in [0.2, 0.25) is 0 Å². The Kier molecular flexibility index (Phi) is 5.95. The van der Waals surface area contributed by atoms with Crippen LogP contribution in [0.1, 0.15) is 11.8 Å². The molecule has 1 atom stereocenters. The Morgan fingerprint density at radius 3 is 2.57 bits per heavy atom. The van der Waals surface area contributed by atoms with Crippen LogP contribution in [0.5, 0.6) is 0 Å². The summed E-state index contributed by atoms with van der Waals surface area (Å²) >= 11 is 1.46. The Balaban J connectivity index is 1.99. The van der Waals surface area contributed by atoms with Gasteiger partial charge in [-0.25, -0.2) is 4.79 Å². The van der Waals surface area contributed by atoms with Crippen molar-refractivity contribution in [3.63, 3.8) is 0 Å². The van der Waals surface area contributed by atoms with Gasteiger partial charge >= 0.3 is 5.97 Å². The number of aromatic nitrogens is 4. The minimum absolute atomic E-state index is 0.115. The van der Waals surface area contributed by atoms with E-state index in [1.807, 2.05) is 47.8 Å². The van der Waals surface area contributed by atoms with Gasteiger partial charge in [-0.15, -0.1) is 16.4 Å². The maximum Gasteiger partial charge on any atom is 0.357 e. The van der Waals surface area contributed by atoms with Crippen LogP contribution in [-0.2, 0) is 14.3 Å². The van der Waals surface area contributed by atoms with E-state index in [1.54, 1.807) is 20.2 Å². The fourth-order valence-corrected chi connectivity index (χ4v) is 3.12. The Labute approximate surface area is 166 Å². The monoisotopic (exact) mass is 397 g/mol. The Bertz CT molecular complexity index is 980. The minimum atomic E-state index is -0.939. The van der Waals surface area contributed by atoms with E-state index in [0.717, 1.165) is 10.4 Å². The first-order valence-corrected chi connectivity index (χ1v) is 9.37. The zero-order valence-electron chi connectivity index (χ0n) is 15.6. The average Bonchev–Trinajstić information content (AvgIpc) is 3.37. The molecule has 0 unspecified atom stereocenters. The second-order valence-corrected chi connectivity index (χ2v) is 7.08. The predicted octanol–water partition coefficient (Wildman–Crippen LogP) is 2.42. The van der Waals surface area contributed by atoms with Gasteiger partial charge in [-0.1, -0.05) is 36.4 Å². The van der Waals surface area contributed by atoms with Gasteiger partial charge in [-0.2, -0.15) is 4.68 Å². The van der Waals surface area contributed by atoms with E-state index < -0.39 is 12.1 Å². The molecule has 3 aromatic rings. The molecule has 0 saturated carbocycles. The highest BCUT2D eigenvalue weighted by atomic mass is 32.1. The van der Waals surface area contributed by atoms with Crippen molar-refractivity contribution < 1.29 is 14.3 Å². The number of amides is 1. The molecule has 144 valence electrons. The summed E-state index contributed by atoms with van der Waals surface area (Å²) in [6.07, 6.45) is 0.703. The molecule has 0 radical (unpaired) electrons. The molecule has 1 aromatic carbocycles. The molecule has 8 nitrogen and oxygen atoms in total. The highest BCUT2D eigenvalue weighted by Crippen LogP contribution is 2.23. The third kappa shape index (κ3) is 4.32. The van der Waals surface area contributed by atoms with Gasteiger partial charge in [-0.05, 0) is 34.9 Å². The van der Waals surface area contributed by atoms with Crippen LogP contribution in [-0.4, -0.2) is 57.2 Å². The third-order valence-electron chi connectivity index (χ3n) is 3.83. The van der Waals surface area contributed by atoms with Crippen molar-refractivity contribution in [3.05, 3.63) is 52.7 Å². The van der Waals surface area contributed by atoms with Crippen LogP contribution in [0.2, 0.25) is 0 Å². The molecule has 2 aromatic heterocycles. The highest BCUT2D eigenvalue weighted by molar-refractivity contribution is 7.10. The average molecular weight is 397 g/mol. The Hall–Kier alpha value is -3.33. The zero-order valence-corrected chi connectivity index (χ0v) is 16.5. The van der Waals surface area contributed by atoms with Crippen LogP contribution in [0.4, 0.5) is 0 Å². The lowest BCUT2D eigenvalue weighted by Gasteiger charge is -2.18. The van der Waals surface area contributed by atoms with Crippen LogP contribution in [0, 0.1) is 0 Å². The number of hydrogen-bond donors (Lipinski definition) is 0. The fraction of sp³-hybridized carbons (Fsp3) is 0.211. The van der Waals surface area contributed by atoms with Crippen LogP contribution in [0.15, 0.2) is 47.8 Å². The number of rotatable bonds is 6. The van der Waals surface area contributed by atoms with Crippen LogP contribution in [0.3, 0.4) is 0 Å². The molecule has 9 heteroatoms. The Morgan fingerprint density at radius 2 is 1.93 bits per heavy atom. The van der Waals surface area contributed by atoms with E-state index in [1.165, 1.54) is 27.8 Å². The quantitative estimate of drug-likeness (QED) is 0.469. The van der Waals surface area contributed by atoms with Crippen LogP contribution < -0.4 is 0 Å². The van der Waals surface area contributed by atoms with E-state index in [0.29, 0.717) is 5.82 Å². The van der Waals surface area contributed by atoms with Crippen molar-refractivity contribution in [3.8, 4) is 11.4 Å². The third-order valence-corrected chi connectivity index (χ3v) is 4.65. The topological polar surface area (TPSA) is 90.2 Å². The number of esters is 1. The standard InChI is InChI=1S/C19H19N5O3S/c1-13(18(25)23(2)3)27-19(26)16(12-15-10-7-11-28-15)24-17(20-21-22-24)14-8-5-4-6-9-14/h4-13H,1-3H3/b16-12-/t13-/m0/s1. The molecule has 0 saturated heterocycles. The molecule has 0 bridgehead atoms. The van der Waals surface area contributed by atoms with Gasteiger partial charge in [0.25, 0.3) is 5.91 Å². The summed E-state index contributed by atoms with van der Waals surface area (Å²) in [7, 11) is 3.20. The molecule has 2 heterocycles. The first-order valence-electron chi connectivity index (χ1n) is 8.49. The van der Waals surface area contributed by atoms with E-state index in [-0.39, 0.29) is 11.6 Å². The number of benzene rings is 1. The maximum absolute atomic E-state index is 12.9. The minimum Gasteiger partial charge on any atom is -0.448 e. The van der Waals surface area contributed by atoms with Gasteiger partial charge in [0.15, 0.2) is 17.6 Å². The van der Waals surface area contributed by atoms with E-state index in [9.17, 15) is 9.59 Å². The summed E-state index contributed by atoms with van der Waals surface area (Å²) in [5.74, 6) is -0.614. The second-order valence-electron chi connectivity index (χ2n) is 6.11. The van der Waals surface area contributed by atoms with Gasteiger partial charge in [0.1, 0.15) is 0 Å². The first-order chi connectivity index (χ1) is 13.5. The van der Waals surface area contributed by atoms with Crippen molar-refractivity contribution in [1.82, 2.24) is 25.1 Å². The summed E-state index contributed by atoms with van der Waals surface area (Å²) < 4.78 is 6.71. The fourth-order valence-electron chi connectivity index (χ4n) is 2.47. The van der Waals surface area contributed by atoms with Crippen molar-refractivity contribution in [2.24, 2.45) is 0 Å². The SMILES string of the molecule is C[C@H](OC(=O)/C(=C/c1cccs1)n1nnnc1-c1ccccc1)C(=O)N(C)C. The van der Waals surface area contributed by atoms with Gasteiger partial charge in [0, 0.05) is 24.5 Å². The summed E-state index contributed by atoms with van der Waals surface area (Å²) in [5.41, 5.74) is 0.861. The smallest absolute Gasteiger partial charge is 0.357 e. The predicted molar refractivity (Wildman–Crippen MR) is 106 cm³/mol. The number of tetrazole rings is 1. The zero-order chi connectivity index (χ0) is 20.1. The molecule has 3 rings (SSSR count). The normalized spacial score (nSPS) is 12.5. The number of hydrogen-bond acceptors (Lipinski definition) is 7. The molecular weight excluding hydrogens is 378 g/mol. The van der Waals surface area contributed by atoms with Gasteiger partial charge < -0.3 is 9.64 Å². The van der Waals surface area contributed by atoms with Crippen molar-refractivity contribution in [2.45, 2.75) is 13.0 Å². The van der Waals surface area contributed by atoms with Crippen LogP contribution >= 0.6 is 11.3 Å². The first kappa shape index (κ1) is 19.4. The van der Waals surface area contributed by atoms with Gasteiger partial charge in [0.05, 0.1) is 0 Å². The lowest BCUT2D eigenvalue weighted by atomic mass is 10.2. The van der Waals surface area contributed by atoms with Crippen molar-refractivity contribution in [1.29, 1.82) is 0 Å². The number of carbonyl (C=O) groups excluding carboxylic acids is 2. The van der Waals surface area contributed by atoms with Crippen LogP contribution in [0.25, 0.3) is 23.2 Å². The van der Waals surface area contributed by atoms with Gasteiger partial charge in [-0.3, -0.25) is 4.79 Å². The Morgan fingerprint density at radius 1 is 1.18 bits per heavy atom. The van der Waals surface area contributed by atoms with E-state index in [4.69, 9.17) is 4.74 Å². The van der Waals surface area contributed by atoms with Crippen molar-refractivity contribution >= 4 is 35.0 Å². The molecule has 1 amide bonds. The lowest BCUT2D eigenvalue weighted by molar-refractivity contribution is -0.153. The maximum atomic E-state index is 12.9. The molecule has 0 aliphatic rings. The molecule has 28 heavy (non-hydrogen) atoms. The summed E-state index contributed by atoms with van der Waals surface area (Å²) in [4.78, 5) is 27.2. The number of carbonyl (C=O) groups is 2. The summed E-state index contributed by atoms with van der Waals surface area (Å²) in [5, 5.41) is 13.6. The number of ether oxygens (including phenoxy) is 1. The molecule has 0 aliphatic carbocycles. The molecular formula is C19H19N5O3S. The summed E-state index contributed by atoms with van der Waals surface area (Å²) in [6.45, 7) is 1.53. The second kappa shape index (κ2) is 8.57. The highest BCUT2D eigenvalue weighted by Gasteiger charge is 2.25. The summed E-state index contributed by atoms with van der Waals surface area (Å²) in [6, 6.07) is 13.0. The molecule has 0 fully saturated rings. The van der Waals surface area contributed by atoms with E-state index >= 15 is 0 Å². The molecule has 0 spiro atoms. The van der Waals surface area contributed by atoms with Crippen molar-refractivity contribution in [2.75, 3.05) is 14.1 Å². The van der Waals surface area contributed by atoms with E-state index in [2.05, 4.69) is 15.5 Å².